The van der Waals surface area contributed by atoms with Gasteiger partial charge in [-0.2, -0.15) is 0 Å². The molecule has 0 spiro atoms. The predicted octanol–water partition coefficient (Wildman–Crippen LogP) is 2.79. The lowest BCUT2D eigenvalue weighted by molar-refractivity contribution is -0.137. The molecule has 2 amide bonds. The molecule has 0 atom stereocenters. The van der Waals surface area contributed by atoms with Gasteiger partial charge in [0.1, 0.15) is 0 Å². The summed E-state index contributed by atoms with van der Waals surface area (Å²) >= 11 is 3.46. The average Bonchev–Trinajstić information content (AvgIpc) is 2.53. The lowest BCUT2D eigenvalue weighted by atomic mass is 9.95. The lowest BCUT2D eigenvalue weighted by Crippen LogP contribution is -2.42. The first-order chi connectivity index (χ1) is 10.5. The van der Waals surface area contributed by atoms with Crippen molar-refractivity contribution < 1.29 is 9.59 Å². The number of hydrogen-bond acceptors (Lipinski definition) is 2. The molecule has 118 valence electrons. The normalized spacial score (nSPS) is 16.0. The van der Waals surface area contributed by atoms with Crippen molar-refractivity contribution in [2.45, 2.75) is 12.8 Å². The van der Waals surface area contributed by atoms with Crippen LogP contribution in [0.1, 0.15) is 18.4 Å². The number of amides is 2. The van der Waals surface area contributed by atoms with Gasteiger partial charge < -0.3 is 9.80 Å². The van der Waals surface area contributed by atoms with Gasteiger partial charge in [-0.3, -0.25) is 9.59 Å². The first-order valence-corrected chi connectivity index (χ1v) is 8.21. The predicted molar refractivity (Wildman–Crippen MR) is 91.2 cm³/mol. The van der Waals surface area contributed by atoms with Gasteiger partial charge in [0.05, 0.1) is 0 Å². The molecule has 0 aliphatic carbocycles. The third kappa shape index (κ3) is 4.19. The molecule has 1 aromatic rings. The zero-order valence-electron chi connectivity index (χ0n) is 13.0. The van der Waals surface area contributed by atoms with E-state index >= 15 is 0 Å². The summed E-state index contributed by atoms with van der Waals surface area (Å²) in [5, 5.41) is 0. The molecule has 5 heteroatoms. The summed E-state index contributed by atoms with van der Waals surface area (Å²) < 4.78 is 0.967. The third-order valence-corrected chi connectivity index (χ3v) is 4.63. The topological polar surface area (TPSA) is 40.6 Å². The molecular formula is C17H21BrN2O2. The Morgan fingerprint density at radius 3 is 2.45 bits per heavy atom. The Balaban J connectivity index is 1.90. The minimum atomic E-state index is 0.00602. The van der Waals surface area contributed by atoms with Crippen LogP contribution in [-0.4, -0.2) is 48.8 Å². The van der Waals surface area contributed by atoms with E-state index in [4.69, 9.17) is 0 Å². The van der Waals surface area contributed by atoms with Crippen LogP contribution in [0.15, 0.2) is 34.8 Å². The van der Waals surface area contributed by atoms with Gasteiger partial charge in [-0.1, -0.05) is 34.1 Å². The fourth-order valence-corrected chi connectivity index (χ4v) is 3.01. The number of hydrogen-bond donors (Lipinski definition) is 0. The maximum atomic E-state index is 12.2. The van der Waals surface area contributed by atoms with E-state index in [1.165, 1.54) is 0 Å². The van der Waals surface area contributed by atoms with E-state index in [1.807, 2.05) is 35.2 Å². The molecule has 0 unspecified atom stereocenters. The number of rotatable bonds is 3. The summed E-state index contributed by atoms with van der Waals surface area (Å²) in [7, 11) is 3.56. The highest BCUT2D eigenvalue weighted by Gasteiger charge is 2.27. The molecule has 2 rings (SSSR count). The van der Waals surface area contributed by atoms with Crippen molar-refractivity contribution in [3.05, 3.63) is 40.4 Å². The van der Waals surface area contributed by atoms with Crippen LogP contribution in [0.5, 0.6) is 0 Å². The Labute approximate surface area is 139 Å². The molecule has 1 fully saturated rings. The van der Waals surface area contributed by atoms with Gasteiger partial charge in [0.15, 0.2) is 0 Å². The highest BCUT2D eigenvalue weighted by molar-refractivity contribution is 9.10. The van der Waals surface area contributed by atoms with Gasteiger partial charge in [0.2, 0.25) is 11.8 Å². The van der Waals surface area contributed by atoms with Crippen molar-refractivity contribution in [3.8, 4) is 0 Å². The molecule has 0 N–H and O–H groups in total. The number of likely N-dealkylation sites (tertiary alicyclic amines) is 1. The van der Waals surface area contributed by atoms with Crippen LogP contribution >= 0.6 is 15.9 Å². The van der Waals surface area contributed by atoms with Crippen molar-refractivity contribution in [2.24, 2.45) is 5.92 Å². The number of carbonyl (C=O) groups excluding carboxylic acids is 2. The van der Waals surface area contributed by atoms with E-state index in [0.29, 0.717) is 13.1 Å². The zero-order chi connectivity index (χ0) is 16.1. The van der Waals surface area contributed by atoms with E-state index in [2.05, 4.69) is 15.9 Å². The molecule has 1 aliphatic rings. The second-order valence-electron chi connectivity index (χ2n) is 5.69. The van der Waals surface area contributed by atoms with Crippen LogP contribution in [0, 0.1) is 5.92 Å². The Bertz CT molecular complexity index is 576. The fourth-order valence-electron chi connectivity index (χ4n) is 2.59. The summed E-state index contributed by atoms with van der Waals surface area (Å²) in [6.07, 6.45) is 4.91. The van der Waals surface area contributed by atoms with Gasteiger partial charge in [-0.15, -0.1) is 0 Å². The Hall–Kier alpha value is -1.62. The molecular weight excluding hydrogens is 344 g/mol. The number of nitrogens with zero attached hydrogens (tertiary/aromatic N) is 2. The quantitative estimate of drug-likeness (QED) is 0.773. The molecule has 4 nitrogen and oxygen atoms in total. The van der Waals surface area contributed by atoms with Crippen LogP contribution in [0.4, 0.5) is 0 Å². The SMILES string of the molecule is CN(C)C(=O)C1CCN(C(=O)C=Cc2ccccc2Br)CC1. The molecule has 0 bridgehead atoms. The largest absolute Gasteiger partial charge is 0.349 e. The van der Waals surface area contributed by atoms with Crippen LogP contribution in [-0.2, 0) is 9.59 Å². The van der Waals surface area contributed by atoms with Crippen molar-refractivity contribution in [3.63, 3.8) is 0 Å². The summed E-state index contributed by atoms with van der Waals surface area (Å²) in [6.45, 7) is 1.28. The summed E-state index contributed by atoms with van der Waals surface area (Å²) in [5.74, 6) is 0.216. The third-order valence-electron chi connectivity index (χ3n) is 3.91. The lowest BCUT2D eigenvalue weighted by Gasteiger charge is -2.31. The highest BCUT2D eigenvalue weighted by atomic mass is 79.9. The molecule has 0 saturated carbocycles. The minimum Gasteiger partial charge on any atom is -0.349 e. The average molecular weight is 365 g/mol. The van der Waals surface area contributed by atoms with Crippen LogP contribution in [0.3, 0.4) is 0 Å². The van der Waals surface area contributed by atoms with Crippen molar-refractivity contribution in [2.75, 3.05) is 27.2 Å². The Morgan fingerprint density at radius 2 is 1.86 bits per heavy atom. The molecule has 0 radical (unpaired) electrons. The maximum Gasteiger partial charge on any atom is 0.246 e. The first kappa shape index (κ1) is 16.7. The van der Waals surface area contributed by atoms with E-state index in [1.54, 1.807) is 25.1 Å². The van der Waals surface area contributed by atoms with Gasteiger partial charge in [-0.25, -0.2) is 0 Å². The molecule has 1 heterocycles. The van der Waals surface area contributed by atoms with Crippen LogP contribution in [0.2, 0.25) is 0 Å². The number of piperidine rings is 1. The van der Waals surface area contributed by atoms with E-state index < -0.39 is 0 Å². The second-order valence-corrected chi connectivity index (χ2v) is 6.54. The summed E-state index contributed by atoms with van der Waals surface area (Å²) in [4.78, 5) is 27.6. The van der Waals surface area contributed by atoms with Gasteiger partial charge in [0, 0.05) is 43.7 Å². The number of carbonyl (C=O) groups is 2. The summed E-state index contributed by atoms with van der Waals surface area (Å²) in [5.41, 5.74) is 0.980. The van der Waals surface area contributed by atoms with Crippen molar-refractivity contribution >= 4 is 33.8 Å². The molecule has 1 aliphatic heterocycles. The van der Waals surface area contributed by atoms with Crippen LogP contribution < -0.4 is 0 Å². The van der Waals surface area contributed by atoms with E-state index in [9.17, 15) is 9.59 Å². The van der Waals surface area contributed by atoms with E-state index in [0.717, 1.165) is 22.9 Å². The fraction of sp³-hybridized carbons (Fsp3) is 0.412. The van der Waals surface area contributed by atoms with E-state index in [-0.39, 0.29) is 17.7 Å². The Kier molecular flexibility index (Phi) is 5.77. The number of halogens is 1. The summed E-state index contributed by atoms with van der Waals surface area (Å²) in [6, 6.07) is 7.78. The van der Waals surface area contributed by atoms with Gasteiger partial charge >= 0.3 is 0 Å². The molecule has 0 aromatic heterocycles. The highest BCUT2D eigenvalue weighted by Crippen LogP contribution is 2.20. The molecule has 1 aromatic carbocycles. The van der Waals surface area contributed by atoms with Gasteiger partial charge in [-0.05, 0) is 30.5 Å². The van der Waals surface area contributed by atoms with Crippen molar-refractivity contribution in [1.29, 1.82) is 0 Å². The van der Waals surface area contributed by atoms with Gasteiger partial charge in [0.25, 0.3) is 0 Å². The van der Waals surface area contributed by atoms with Crippen molar-refractivity contribution in [1.82, 2.24) is 9.80 Å². The monoisotopic (exact) mass is 364 g/mol. The molecule has 22 heavy (non-hydrogen) atoms. The zero-order valence-corrected chi connectivity index (χ0v) is 14.5. The second kappa shape index (κ2) is 7.58. The Morgan fingerprint density at radius 1 is 1.23 bits per heavy atom. The number of benzene rings is 1. The first-order valence-electron chi connectivity index (χ1n) is 7.41. The smallest absolute Gasteiger partial charge is 0.246 e. The van der Waals surface area contributed by atoms with Crippen LogP contribution in [0.25, 0.3) is 6.08 Å². The molecule has 1 saturated heterocycles. The maximum absolute atomic E-state index is 12.2. The standard InChI is InChI=1S/C17H21BrN2O2/c1-19(2)17(22)14-9-11-20(12-10-14)16(21)8-7-13-5-3-4-6-15(13)18/h3-8,14H,9-12H2,1-2H3. The minimum absolute atomic E-state index is 0.00602.